The third-order valence-electron chi connectivity index (χ3n) is 3.34. The van der Waals surface area contributed by atoms with E-state index < -0.39 is 12.0 Å². The Balaban J connectivity index is 3.05. The van der Waals surface area contributed by atoms with Crippen molar-refractivity contribution in [2.45, 2.75) is 59.5 Å². The summed E-state index contributed by atoms with van der Waals surface area (Å²) in [6.45, 7) is 9.56. The van der Waals surface area contributed by atoms with Gasteiger partial charge in [0, 0.05) is 6.04 Å². The van der Waals surface area contributed by atoms with E-state index in [1.165, 1.54) is 4.68 Å². The number of nitrogens with one attached hydrogen (secondary N) is 1. The molecule has 2 N–H and O–H groups in total. The first-order valence-electron chi connectivity index (χ1n) is 7.25. The first-order valence-corrected chi connectivity index (χ1v) is 7.25. The SMILES string of the molecule is CCC(C)NC(=O)C(C)n1nnc(C(=O)O)c1CC(C)C. The van der Waals surface area contributed by atoms with Crippen molar-refractivity contribution in [3.63, 3.8) is 0 Å². The van der Waals surface area contributed by atoms with Crippen LogP contribution in [0.4, 0.5) is 0 Å². The third kappa shape index (κ3) is 4.27. The van der Waals surface area contributed by atoms with Crippen molar-refractivity contribution < 1.29 is 14.7 Å². The van der Waals surface area contributed by atoms with Gasteiger partial charge in [-0.15, -0.1) is 5.10 Å². The molecule has 118 valence electrons. The van der Waals surface area contributed by atoms with Gasteiger partial charge in [0.2, 0.25) is 5.91 Å². The molecule has 7 heteroatoms. The quantitative estimate of drug-likeness (QED) is 0.797. The van der Waals surface area contributed by atoms with E-state index in [0.717, 1.165) is 6.42 Å². The molecule has 0 saturated heterocycles. The number of carbonyl (C=O) groups excluding carboxylic acids is 1. The molecule has 0 aromatic carbocycles. The summed E-state index contributed by atoms with van der Waals surface area (Å²) in [5, 5.41) is 19.6. The van der Waals surface area contributed by atoms with Crippen molar-refractivity contribution in [2.75, 3.05) is 0 Å². The van der Waals surface area contributed by atoms with E-state index in [0.29, 0.717) is 12.1 Å². The van der Waals surface area contributed by atoms with Gasteiger partial charge in [-0.3, -0.25) is 4.79 Å². The third-order valence-corrected chi connectivity index (χ3v) is 3.34. The summed E-state index contributed by atoms with van der Waals surface area (Å²) in [5.74, 6) is -1.06. The van der Waals surface area contributed by atoms with Crippen molar-refractivity contribution in [1.29, 1.82) is 0 Å². The zero-order chi connectivity index (χ0) is 16.2. The molecule has 0 bridgehead atoms. The number of aromatic nitrogens is 3. The molecule has 1 aromatic heterocycles. The Morgan fingerprint density at radius 3 is 2.38 bits per heavy atom. The second-order valence-electron chi connectivity index (χ2n) is 5.73. The van der Waals surface area contributed by atoms with Gasteiger partial charge in [-0.05, 0) is 32.6 Å². The molecule has 0 spiro atoms. The van der Waals surface area contributed by atoms with E-state index in [2.05, 4.69) is 15.6 Å². The minimum absolute atomic E-state index is 0.0657. The molecular formula is C14H24N4O3. The first-order chi connectivity index (χ1) is 9.77. The fourth-order valence-corrected chi connectivity index (χ4v) is 1.94. The molecular weight excluding hydrogens is 272 g/mol. The lowest BCUT2D eigenvalue weighted by molar-refractivity contribution is -0.124. The summed E-state index contributed by atoms with van der Waals surface area (Å²) in [6, 6.07) is -0.524. The minimum Gasteiger partial charge on any atom is -0.476 e. The van der Waals surface area contributed by atoms with E-state index in [1.54, 1.807) is 6.92 Å². The van der Waals surface area contributed by atoms with Crippen LogP contribution in [0.25, 0.3) is 0 Å². The topological polar surface area (TPSA) is 97.1 Å². The molecule has 1 heterocycles. The normalized spacial score (nSPS) is 14.0. The van der Waals surface area contributed by atoms with Gasteiger partial charge in [-0.2, -0.15) is 0 Å². The van der Waals surface area contributed by atoms with Crippen LogP contribution in [0.2, 0.25) is 0 Å². The summed E-state index contributed by atoms with van der Waals surface area (Å²) < 4.78 is 1.42. The van der Waals surface area contributed by atoms with Crippen molar-refractivity contribution in [3.05, 3.63) is 11.4 Å². The fraction of sp³-hybridized carbons (Fsp3) is 0.714. The first kappa shape index (κ1) is 17.1. The highest BCUT2D eigenvalue weighted by molar-refractivity contribution is 5.87. The van der Waals surface area contributed by atoms with Crippen LogP contribution < -0.4 is 5.32 Å². The predicted molar refractivity (Wildman–Crippen MR) is 78.1 cm³/mol. The lowest BCUT2D eigenvalue weighted by atomic mass is 10.1. The van der Waals surface area contributed by atoms with Crippen LogP contribution in [-0.2, 0) is 11.2 Å². The summed E-state index contributed by atoms with van der Waals surface area (Å²) >= 11 is 0. The van der Waals surface area contributed by atoms with Crippen LogP contribution >= 0.6 is 0 Å². The maximum atomic E-state index is 12.2. The largest absolute Gasteiger partial charge is 0.476 e. The second kappa shape index (κ2) is 7.19. The predicted octanol–water partition coefficient (Wildman–Crippen LogP) is 1.65. The molecule has 0 aliphatic carbocycles. The van der Waals surface area contributed by atoms with Crippen molar-refractivity contribution >= 4 is 11.9 Å². The van der Waals surface area contributed by atoms with Crippen LogP contribution in [0.1, 0.15) is 63.3 Å². The lowest BCUT2D eigenvalue weighted by Crippen LogP contribution is -2.37. The Hall–Kier alpha value is -1.92. The van der Waals surface area contributed by atoms with Crippen molar-refractivity contribution in [2.24, 2.45) is 5.92 Å². The monoisotopic (exact) mass is 296 g/mol. The Morgan fingerprint density at radius 1 is 1.29 bits per heavy atom. The van der Waals surface area contributed by atoms with Crippen molar-refractivity contribution in [1.82, 2.24) is 20.3 Å². The Bertz CT molecular complexity index is 510. The fourth-order valence-electron chi connectivity index (χ4n) is 1.94. The number of carboxylic acids is 1. The maximum absolute atomic E-state index is 12.2. The summed E-state index contributed by atoms with van der Waals surface area (Å²) in [6.07, 6.45) is 1.34. The van der Waals surface area contributed by atoms with Gasteiger partial charge in [0.05, 0.1) is 5.69 Å². The number of carboxylic acid groups (broad SMARTS) is 1. The number of nitrogens with zero attached hydrogens (tertiary/aromatic N) is 3. The lowest BCUT2D eigenvalue weighted by Gasteiger charge is -2.18. The smallest absolute Gasteiger partial charge is 0.358 e. The molecule has 0 aliphatic rings. The van der Waals surface area contributed by atoms with Crippen LogP contribution in [0.5, 0.6) is 0 Å². The molecule has 2 atom stereocenters. The number of amides is 1. The number of aromatic carboxylic acids is 1. The van der Waals surface area contributed by atoms with Crippen LogP contribution in [0, 0.1) is 5.92 Å². The highest BCUT2D eigenvalue weighted by Gasteiger charge is 2.26. The zero-order valence-electron chi connectivity index (χ0n) is 13.3. The highest BCUT2D eigenvalue weighted by atomic mass is 16.4. The molecule has 0 radical (unpaired) electrons. The van der Waals surface area contributed by atoms with E-state index in [-0.39, 0.29) is 23.6 Å². The standard InChI is InChI=1S/C14H24N4O3/c1-6-9(4)15-13(19)10(5)18-11(7-8(2)3)12(14(20)21)16-17-18/h8-10H,6-7H2,1-5H3,(H,15,19)(H,20,21). The molecule has 1 aromatic rings. The summed E-state index contributed by atoms with van der Waals surface area (Å²) in [7, 11) is 0. The summed E-state index contributed by atoms with van der Waals surface area (Å²) in [5.41, 5.74) is 0.413. The van der Waals surface area contributed by atoms with E-state index >= 15 is 0 Å². The molecule has 1 amide bonds. The number of hydrogen-bond acceptors (Lipinski definition) is 4. The number of hydrogen-bond donors (Lipinski definition) is 2. The van der Waals surface area contributed by atoms with Crippen LogP contribution in [-0.4, -0.2) is 38.0 Å². The van der Waals surface area contributed by atoms with Gasteiger partial charge >= 0.3 is 5.97 Å². The van der Waals surface area contributed by atoms with Gasteiger partial charge in [-0.1, -0.05) is 26.0 Å². The van der Waals surface area contributed by atoms with Gasteiger partial charge in [0.1, 0.15) is 6.04 Å². The van der Waals surface area contributed by atoms with Crippen LogP contribution in [0.15, 0.2) is 0 Å². The maximum Gasteiger partial charge on any atom is 0.358 e. The minimum atomic E-state index is -1.12. The molecule has 0 fully saturated rings. The van der Waals surface area contributed by atoms with E-state index in [4.69, 9.17) is 0 Å². The molecule has 2 unspecified atom stereocenters. The Kier molecular flexibility index (Phi) is 5.87. The Labute approximate surface area is 124 Å². The van der Waals surface area contributed by atoms with Gasteiger partial charge < -0.3 is 10.4 Å². The molecule has 21 heavy (non-hydrogen) atoms. The summed E-state index contributed by atoms with van der Waals surface area (Å²) in [4.78, 5) is 23.4. The van der Waals surface area contributed by atoms with Gasteiger partial charge in [0.25, 0.3) is 0 Å². The average Bonchev–Trinajstić information content (AvgIpc) is 2.80. The molecule has 0 saturated carbocycles. The molecule has 7 nitrogen and oxygen atoms in total. The van der Waals surface area contributed by atoms with E-state index in [9.17, 15) is 14.7 Å². The van der Waals surface area contributed by atoms with Gasteiger partial charge in [0.15, 0.2) is 5.69 Å². The number of carbonyl (C=O) groups is 2. The van der Waals surface area contributed by atoms with Crippen LogP contribution in [0.3, 0.4) is 0 Å². The van der Waals surface area contributed by atoms with E-state index in [1.807, 2.05) is 27.7 Å². The number of rotatable bonds is 7. The molecule has 1 rings (SSSR count). The average molecular weight is 296 g/mol. The Morgan fingerprint density at radius 2 is 1.90 bits per heavy atom. The van der Waals surface area contributed by atoms with Crippen molar-refractivity contribution in [3.8, 4) is 0 Å². The van der Waals surface area contributed by atoms with Gasteiger partial charge in [-0.25, -0.2) is 9.48 Å². The zero-order valence-corrected chi connectivity index (χ0v) is 13.3. The second-order valence-corrected chi connectivity index (χ2v) is 5.73. The highest BCUT2D eigenvalue weighted by Crippen LogP contribution is 2.17. The molecule has 0 aliphatic heterocycles.